The number of carbonyl (C=O) groups excluding carboxylic acids is 1. The minimum atomic E-state index is 0.0570. The van der Waals surface area contributed by atoms with Crippen molar-refractivity contribution < 1.29 is 9.53 Å². The number of rotatable bonds is 6. The fraction of sp³-hybridized carbons (Fsp3) is 0.941. The zero-order valence-electron chi connectivity index (χ0n) is 15.3. The Kier molecular flexibility index (Phi) is 7.11. The summed E-state index contributed by atoms with van der Waals surface area (Å²) in [7, 11) is 4.28. The summed E-state index contributed by atoms with van der Waals surface area (Å²) in [6, 6.07) is 0.458. The third kappa shape index (κ3) is 5.94. The first-order valence-corrected chi connectivity index (χ1v) is 8.99. The van der Waals surface area contributed by atoms with Gasteiger partial charge >= 0.3 is 6.03 Å². The molecule has 0 unspecified atom stereocenters. The molecule has 0 radical (unpaired) electrons. The highest BCUT2D eigenvalue weighted by atomic mass is 16.5. The van der Waals surface area contributed by atoms with Crippen molar-refractivity contribution in [1.29, 1.82) is 0 Å². The number of ether oxygens (including phenoxy) is 1. The number of likely N-dealkylation sites (tertiary alicyclic amines) is 1. The van der Waals surface area contributed by atoms with Crippen molar-refractivity contribution in [2.24, 2.45) is 5.92 Å². The Morgan fingerprint density at radius 1 is 1.22 bits per heavy atom. The smallest absolute Gasteiger partial charge is 0.317 e. The molecule has 0 bridgehead atoms. The first-order valence-electron chi connectivity index (χ1n) is 8.99. The molecule has 0 aliphatic carbocycles. The second kappa shape index (κ2) is 8.85. The van der Waals surface area contributed by atoms with Gasteiger partial charge in [-0.1, -0.05) is 13.8 Å². The first kappa shape index (κ1) is 18.5. The molecule has 2 saturated heterocycles. The van der Waals surface area contributed by atoms with Crippen LogP contribution in [-0.2, 0) is 4.74 Å². The van der Waals surface area contributed by atoms with Crippen LogP contribution in [-0.4, -0.2) is 92.8 Å². The Balaban J connectivity index is 1.66. The molecule has 2 aliphatic heterocycles. The maximum Gasteiger partial charge on any atom is 0.317 e. The van der Waals surface area contributed by atoms with E-state index in [0.717, 1.165) is 58.7 Å². The maximum atomic E-state index is 12.3. The van der Waals surface area contributed by atoms with Gasteiger partial charge < -0.3 is 19.9 Å². The fourth-order valence-electron chi connectivity index (χ4n) is 3.16. The Morgan fingerprint density at radius 3 is 2.74 bits per heavy atom. The number of nitrogens with one attached hydrogen (secondary N) is 1. The average Bonchev–Trinajstić information content (AvgIpc) is 2.96. The largest absolute Gasteiger partial charge is 0.376 e. The second-order valence-corrected chi connectivity index (χ2v) is 7.49. The predicted octanol–water partition coefficient (Wildman–Crippen LogP) is 1.08. The Morgan fingerprint density at radius 2 is 2.00 bits per heavy atom. The third-order valence-corrected chi connectivity index (χ3v) is 4.95. The zero-order valence-corrected chi connectivity index (χ0v) is 15.3. The number of nitrogens with zero attached hydrogens (tertiary/aromatic N) is 3. The molecule has 0 aromatic carbocycles. The first-order chi connectivity index (χ1) is 11.0. The lowest BCUT2D eigenvalue weighted by Gasteiger charge is -2.37. The van der Waals surface area contributed by atoms with E-state index in [1.165, 1.54) is 0 Å². The molecule has 6 nitrogen and oxygen atoms in total. The van der Waals surface area contributed by atoms with Crippen LogP contribution in [0.2, 0.25) is 0 Å². The van der Waals surface area contributed by atoms with E-state index in [9.17, 15) is 4.79 Å². The van der Waals surface area contributed by atoms with Gasteiger partial charge in [0.2, 0.25) is 0 Å². The van der Waals surface area contributed by atoms with E-state index in [2.05, 4.69) is 43.1 Å². The summed E-state index contributed by atoms with van der Waals surface area (Å²) in [6.45, 7) is 10.6. The quantitative estimate of drug-likeness (QED) is 0.793. The van der Waals surface area contributed by atoms with E-state index in [1.54, 1.807) is 0 Å². The molecular formula is C17H34N4O2. The van der Waals surface area contributed by atoms with Crippen LogP contribution in [0.25, 0.3) is 0 Å². The normalized spacial score (nSPS) is 26.9. The zero-order chi connectivity index (χ0) is 16.8. The number of hydrogen-bond acceptors (Lipinski definition) is 4. The molecule has 2 aliphatic rings. The Labute approximate surface area is 141 Å². The lowest BCUT2D eigenvalue weighted by Crippen LogP contribution is -2.55. The molecule has 0 aromatic heterocycles. The van der Waals surface area contributed by atoms with Gasteiger partial charge in [0.25, 0.3) is 0 Å². The van der Waals surface area contributed by atoms with Crippen LogP contribution in [0.3, 0.4) is 0 Å². The molecule has 0 aromatic rings. The van der Waals surface area contributed by atoms with Crippen molar-refractivity contribution in [3.05, 3.63) is 0 Å². The predicted molar refractivity (Wildman–Crippen MR) is 92.7 cm³/mol. The van der Waals surface area contributed by atoms with Crippen molar-refractivity contribution in [1.82, 2.24) is 20.0 Å². The second-order valence-electron chi connectivity index (χ2n) is 7.49. The number of piperazine rings is 1. The molecule has 2 heterocycles. The van der Waals surface area contributed by atoms with E-state index in [4.69, 9.17) is 4.74 Å². The van der Waals surface area contributed by atoms with Crippen LogP contribution in [0.4, 0.5) is 4.79 Å². The summed E-state index contributed by atoms with van der Waals surface area (Å²) >= 11 is 0. The van der Waals surface area contributed by atoms with Gasteiger partial charge in [0.05, 0.1) is 6.10 Å². The van der Waals surface area contributed by atoms with Crippen LogP contribution < -0.4 is 5.32 Å². The van der Waals surface area contributed by atoms with E-state index in [1.807, 2.05) is 4.90 Å². The SMILES string of the molecule is CC(C)CCO[C@@H]1CCN(C(=O)NC[C@@H]2CN(C)CCN2C)C1. The fourth-order valence-corrected chi connectivity index (χ4v) is 3.16. The molecule has 134 valence electrons. The van der Waals surface area contributed by atoms with Gasteiger partial charge in [0, 0.05) is 51.9 Å². The number of likely N-dealkylation sites (N-methyl/N-ethyl adjacent to an activating group) is 2. The standard InChI is InChI=1S/C17H34N4O2/c1-14(2)6-10-23-16-5-7-21(13-16)17(22)18-11-15-12-19(3)8-9-20(15)4/h14-16H,5-13H2,1-4H3,(H,18,22)/t15-,16-/m1/s1. The van der Waals surface area contributed by atoms with Crippen LogP contribution in [0.15, 0.2) is 0 Å². The number of hydrogen-bond donors (Lipinski definition) is 1. The lowest BCUT2D eigenvalue weighted by atomic mass is 10.1. The van der Waals surface area contributed by atoms with E-state index in [0.29, 0.717) is 12.0 Å². The van der Waals surface area contributed by atoms with E-state index < -0.39 is 0 Å². The van der Waals surface area contributed by atoms with Gasteiger partial charge in [0.1, 0.15) is 0 Å². The molecule has 1 N–H and O–H groups in total. The topological polar surface area (TPSA) is 48.1 Å². The molecule has 0 spiro atoms. The van der Waals surface area contributed by atoms with Crippen molar-refractivity contribution in [2.75, 3.05) is 60.0 Å². The monoisotopic (exact) mass is 326 g/mol. The summed E-state index contributed by atoms with van der Waals surface area (Å²) in [5.74, 6) is 0.668. The average molecular weight is 326 g/mol. The van der Waals surface area contributed by atoms with Crippen molar-refractivity contribution in [3.8, 4) is 0 Å². The molecule has 2 rings (SSSR count). The number of amides is 2. The van der Waals surface area contributed by atoms with Crippen molar-refractivity contribution >= 4 is 6.03 Å². The van der Waals surface area contributed by atoms with Gasteiger partial charge in [-0.25, -0.2) is 4.79 Å². The Hall–Kier alpha value is -0.850. The maximum absolute atomic E-state index is 12.3. The molecule has 6 heteroatoms. The van der Waals surface area contributed by atoms with E-state index in [-0.39, 0.29) is 12.1 Å². The lowest BCUT2D eigenvalue weighted by molar-refractivity contribution is 0.0541. The third-order valence-electron chi connectivity index (χ3n) is 4.95. The van der Waals surface area contributed by atoms with Crippen LogP contribution >= 0.6 is 0 Å². The minimum Gasteiger partial charge on any atom is -0.376 e. The number of carbonyl (C=O) groups is 1. The summed E-state index contributed by atoms with van der Waals surface area (Å²) in [4.78, 5) is 18.9. The van der Waals surface area contributed by atoms with Crippen LogP contribution in [0, 0.1) is 5.92 Å². The Bertz CT molecular complexity index is 378. The number of urea groups is 1. The highest BCUT2D eigenvalue weighted by molar-refractivity contribution is 5.74. The molecule has 23 heavy (non-hydrogen) atoms. The highest BCUT2D eigenvalue weighted by Gasteiger charge is 2.28. The van der Waals surface area contributed by atoms with Crippen LogP contribution in [0.1, 0.15) is 26.7 Å². The molecule has 2 atom stereocenters. The summed E-state index contributed by atoms with van der Waals surface area (Å²) in [6.07, 6.45) is 2.25. The van der Waals surface area contributed by atoms with Gasteiger partial charge in [-0.2, -0.15) is 0 Å². The summed E-state index contributed by atoms with van der Waals surface area (Å²) in [5, 5.41) is 3.10. The molecule has 0 saturated carbocycles. The van der Waals surface area contributed by atoms with Crippen molar-refractivity contribution in [2.45, 2.75) is 38.8 Å². The van der Waals surface area contributed by atoms with Gasteiger partial charge in [-0.15, -0.1) is 0 Å². The summed E-state index contributed by atoms with van der Waals surface area (Å²) in [5.41, 5.74) is 0. The molecule has 2 fully saturated rings. The van der Waals surface area contributed by atoms with Crippen molar-refractivity contribution in [3.63, 3.8) is 0 Å². The van der Waals surface area contributed by atoms with Gasteiger partial charge in [-0.05, 0) is 32.9 Å². The van der Waals surface area contributed by atoms with E-state index >= 15 is 0 Å². The molecular weight excluding hydrogens is 292 g/mol. The van der Waals surface area contributed by atoms with Gasteiger partial charge in [0.15, 0.2) is 0 Å². The van der Waals surface area contributed by atoms with Crippen LogP contribution in [0.5, 0.6) is 0 Å². The summed E-state index contributed by atoms with van der Waals surface area (Å²) < 4.78 is 5.88. The highest BCUT2D eigenvalue weighted by Crippen LogP contribution is 2.14. The minimum absolute atomic E-state index is 0.0570. The van der Waals surface area contributed by atoms with Gasteiger partial charge in [-0.3, -0.25) is 4.90 Å². The molecule has 2 amide bonds.